The normalized spacial score (nSPS) is 12.7. The lowest BCUT2D eigenvalue weighted by molar-refractivity contribution is -0.111. The highest BCUT2D eigenvalue weighted by Gasteiger charge is 2.19. The molecular formula is C25H32N2O3. The predicted molar refractivity (Wildman–Crippen MR) is 122 cm³/mol. The van der Waals surface area contributed by atoms with Gasteiger partial charge in [0.1, 0.15) is 0 Å². The molecule has 0 fully saturated rings. The van der Waals surface area contributed by atoms with Crippen molar-refractivity contribution in [3.63, 3.8) is 0 Å². The number of carbonyl (C=O) groups is 2. The van der Waals surface area contributed by atoms with Gasteiger partial charge in [-0.15, -0.1) is 0 Å². The van der Waals surface area contributed by atoms with Crippen LogP contribution in [0, 0.1) is 6.92 Å². The molecule has 2 atom stereocenters. The smallest absolute Gasteiger partial charge is 0.248 e. The van der Waals surface area contributed by atoms with Gasteiger partial charge in [0, 0.05) is 36.3 Å². The number of hydrogen-bond acceptors (Lipinski definition) is 4. The first-order chi connectivity index (χ1) is 14.3. The average molecular weight is 409 g/mol. The maximum atomic E-state index is 12.6. The fourth-order valence-electron chi connectivity index (χ4n) is 3.20. The summed E-state index contributed by atoms with van der Waals surface area (Å²) in [6.07, 6.45) is 1.94. The van der Waals surface area contributed by atoms with E-state index in [0.717, 1.165) is 23.1 Å². The molecule has 5 heteroatoms. The van der Waals surface area contributed by atoms with Crippen LogP contribution in [0.2, 0.25) is 0 Å². The van der Waals surface area contributed by atoms with E-state index in [-0.39, 0.29) is 17.7 Å². The van der Waals surface area contributed by atoms with Crippen LogP contribution in [0.5, 0.6) is 0 Å². The molecule has 0 spiro atoms. The number of anilines is 1. The Morgan fingerprint density at radius 2 is 1.80 bits per heavy atom. The third-order valence-electron chi connectivity index (χ3n) is 4.87. The molecule has 0 aliphatic heterocycles. The van der Waals surface area contributed by atoms with E-state index in [0.29, 0.717) is 24.2 Å². The number of nitrogens with one attached hydrogen (secondary N) is 2. The molecule has 0 bridgehead atoms. The van der Waals surface area contributed by atoms with Crippen LogP contribution in [0.1, 0.15) is 61.2 Å². The second-order valence-electron chi connectivity index (χ2n) is 7.79. The molecule has 0 saturated heterocycles. The minimum absolute atomic E-state index is 0.0134. The van der Waals surface area contributed by atoms with Crippen LogP contribution in [0.4, 0.5) is 5.69 Å². The molecule has 0 saturated carbocycles. The van der Waals surface area contributed by atoms with Gasteiger partial charge in [0.2, 0.25) is 5.91 Å². The number of carbonyl (C=O) groups excluding carboxylic acids is 2. The van der Waals surface area contributed by atoms with Crippen molar-refractivity contribution in [2.75, 3.05) is 11.9 Å². The molecule has 2 rings (SSSR count). The van der Waals surface area contributed by atoms with E-state index in [1.807, 2.05) is 52.0 Å². The van der Waals surface area contributed by atoms with Gasteiger partial charge >= 0.3 is 0 Å². The van der Waals surface area contributed by atoms with Gasteiger partial charge in [-0.2, -0.15) is 0 Å². The Labute approximate surface area is 179 Å². The number of aliphatic hydroxyl groups excluding tert-OH is 1. The molecule has 0 aliphatic carbocycles. The standard InChI is InChI=1S/C25H32N2O3/c1-5-22(25(30)19-11-9-18(4)10-12-19)26-14-13-23(28)20-7-6-8-21(16-20)27-24(29)15-17(2)3/h6-12,15-16,22,25-26,30H,5,13-14H2,1-4H3,(H,27,29). The van der Waals surface area contributed by atoms with Gasteiger partial charge in [-0.3, -0.25) is 9.59 Å². The third-order valence-corrected chi connectivity index (χ3v) is 4.87. The SMILES string of the molecule is CCC(NCCC(=O)c1cccc(NC(=O)C=C(C)C)c1)C(O)c1ccc(C)cc1. The van der Waals surface area contributed by atoms with Gasteiger partial charge in [-0.05, 0) is 44.9 Å². The lowest BCUT2D eigenvalue weighted by Crippen LogP contribution is -2.35. The molecule has 0 radical (unpaired) electrons. The van der Waals surface area contributed by atoms with Gasteiger partial charge in [0.15, 0.2) is 5.78 Å². The first-order valence-electron chi connectivity index (χ1n) is 10.4. The largest absolute Gasteiger partial charge is 0.387 e. The Morgan fingerprint density at radius 3 is 2.43 bits per heavy atom. The number of ketones is 1. The van der Waals surface area contributed by atoms with Crippen molar-refractivity contribution in [2.45, 2.75) is 52.7 Å². The number of amides is 1. The topological polar surface area (TPSA) is 78.4 Å². The number of aryl methyl sites for hydroxylation is 1. The average Bonchev–Trinajstić information content (AvgIpc) is 2.70. The second kappa shape index (κ2) is 11.4. The zero-order valence-electron chi connectivity index (χ0n) is 18.2. The van der Waals surface area contributed by atoms with Crippen LogP contribution < -0.4 is 10.6 Å². The Kier molecular flexibility index (Phi) is 8.96. The van der Waals surface area contributed by atoms with E-state index in [4.69, 9.17) is 0 Å². The van der Waals surface area contributed by atoms with E-state index in [9.17, 15) is 14.7 Å². The monoisotopic (exact) mass is 408 g/mol. The molecule has 1 amide bonds. The summed E-state index contributed by atoms with van der Waals surface area (Å²) in [5.41, 5.74) is 4.07. The van der Waals surface area contributed by atoms with Crippen LogP contribution in [-0.2, 0) is 4.79 Å². The molecule has 30 heavy (non-hydrogen) atoms. The first kappa shape index (κ1) is 23.5. The Balaban J connectivity index is 1.91. The summed E-state index contributed by atoms with van der Waals surface area (Å²) >= 11 is 0. The molecule has 0 aliphatic rings. The summed E-state index contributed by atoms with van der Waals surface area (Å²) in [5.74, 6) is -0.224. The van der Waals surface area contributed by atoms with Gasteiger partial charge < -0.3 is 15.7 Å². The van der Waals surface area contributed by atoms with Crippen molar-refractivity contribution >= 4 is 17.4 Å². The third kappa shape index (κ3) is 7.25. The zero-order valence-corrected chi connectivity index (χ0v) is 18.2. The van der Waals surface area contributed by atoms with Crippen LogP contribution in [0.3, 0.4) is 0 Å². The number of rotatable bonds is 10. The van der Waals surface area contributed by atoms with Crippen LogP contribution in [0.15, 0.2) is 60.2 Å². The summed E-state index contributed by atoms with van der Waals surface area (Å²) in [6.45, 7) is 8.20. The highest BCUT2D eigenvalue weighted by atomic mass is 16.3. The van der Waals surface area contributed by atoms with Crippen molar-refractivity contribution in [3.05, 3.63) is 76.9 Å². The number of hydrogen-bond donors (Lipinski definition) is 3. The number of allylic oxidation sites excluding steroid dienone is 1. The van der Waals surface area contributed by atoms with E-state index >= 15 is 0 Å². The van der Waals surface area contributed by atoms with Crippen molar-refractivity contribution in [3.8, 4) is 0 Å². The molecular weight excluding hydrogens is 376 g/mol. The van der Waals surface area contributed by atoms with Gasteiger partial charge in [-0.1, -0.05) is 54.5 Å². The molecule has 3 N–H and O–H groups in total. The minimum Gasteiger partial charge on any atom is -0.387 e. The fraction of sp³-hybridized carbons (Fsp3) is 0.360. The number of Topliss-reactive ketones (excluding diaryl/α,β-unsaturated/α-hetero) is 1. The summed E-state index contributed by atoms with van der Waals surface area (Å²) in [7, 11) is 0. The highest BCUT2D eigenvalue weighted by molar-refractivity contribution is 6.01. The maximum absolute atomic E-state index is 12.6. The number of aliphatic hydroxyl groups is 1. The van der Waals surface area contributed by atoms with Gasteiger partial charge in [-0.25, -0.2) is 0 Å². The van der Waals surface area contributed by atoms with Crippen LogP contribution >= 0.6 is 0 Å². The van der Waals surface area contributed by atoms with E-state index in [1.54, 1.807) is 24.3 Å². The highest BCUT2D eigenvalue weighted by Crippen LogP contribution is 2.20. The van der Waals surface area contributed by atoms with Gasteiger partial charge in [0.25, 0.3) is 0 Å². The predicted octanol–water partition coefficient (Wildman–Crippen LogP) is 4.57. The Hall–Kier alpha value is -2.76. The minimum atomic E-state index is -0.626. The Morgan fingerprint density at radius 1 is 1.10 bits per heavy atom. The number of benzene rings is 2. The van der Waals surface area contributed by atoms with Crippen molar-refractivity contribution < 1.29 is 14.7 Å². The van der Waals surface area contributed by atoms with Crippen molar-refractivity contribution in [1.29, 1.82) is 0 Å². The van der Waals surface area contributed by atoms with Crippen LogP contribution in [0.25, 0.3) is 0 Å². The van der Waals surface area contributed by atoms with Crippen molar-refractivity contribution in [1.82, 2.24) is 5.32 Å². The summed E-state index contributed by atoms with van der Waals surface area (Å²) in [6, 6.07) is 14.7. The lowest BCUT2D eigenvalue weighted by atomic mass is 9.99. The summed E-state index contributed by atoms with van der Waals surface area (Å²) in [5, 5.41) is 16.7. The van der Waals surface area contributed by atoms with Gasteiger partial charge in [0.05, 0.1) is 6.10 Å². The Bertz CT molecular complexity index is 884. The van der Waals surface area contributed by atoms with E-state index < -0.39 is 6.10 Å². The first-order valence-corrected chi connectivity index (χ1v) is 10.4. The molecule has 2 unspecified atom stereocenters. The molecule has 160 valence electrons. The zero-order chi connectivity index (χ0) is 22.1. The van der Waals surface area contributed by atoms with Crippen LogP contribution in [-0.4, -0.2) is 29.4 Å². The molecule has 0 heterocycles. The van der Waals surface area contributed by atoms with Crippen molar-refractivity contribution in [2.24, 2.45) is 0 Å². The molecule has 5 nitrogen and oxygen atoms in total. The maximum Gasteiger partial charge on any atom is 0.248 e. The van der Waals surface area contributed by atoms with E-state index in [1.165, 1.54) is 6.08 Å². The summed E-state index contributed by atoms with van der Waals surface area (Å²) < 4.78 is 0. The van der Waals surface area contributed by atoms with E-state index in [2.05, 4.69) is 10.6 Å². The summed E-state index contributed by atoms with van der Waals surface area (Å²) in [4.78, 5) is 24.5. The molecule has 2 aromatic rings. The molecule has 2 aromatic carbocycles. The second-order valence-corrected chi connectivity index (χ2v) is 7.79. The quantitative estimate of drug-likeness (QED) is 0.397. The molecule has 0 aromatic heterocycles. The fourth-order valence-corrected chi connectivity index (χ4v) is 3.20. The lowest BCUT2D eigenvalue weighted by Gasteiger charge is -2.23.